The molecule has 0 unspecified atom stereocenters. The van der Waals surface area contributed by atoms with Crippen molar-refractivity contribution in [1.29, 1.82) is 0 Å². The van der Waals surface area contributed by atoms with Crippen molar-refractivity contribution in [1.82, 2.24) is 0 Å². The third kappa shape index (κ3) is 6.22. The molecule has 0 N–H and O–H groups in total. The second kappa shape index (κ2) is 13.5. The molecule has 3 heterocycles. The molecule has 0 amide bonds. The second-order valence-electron chi connectivity index (χ2n) is 22.2. The van der Waals surface area contributed by atoms with Crippen molar-refractivity contribution >= 4 is 79.2 Å². The molecule has 0 saturated carbocycles. The first kappa shape index (κ1) is 39.8. The predicted molar refractivity (Wildman–Crippen MR) is 271 cm³/mol. The molecule has 63 heavy (non-hydrogen) atoms. The summed E-state index contributed by atoms with van der Waals surface area (Å²) in [5, 5.41) is 2.30. The van der Waals surface area contributed by atoms with Gasteiger partial charge in [0.25, 0.3) is 6.71 Å². The molecule has 2 aliphatic heterocycles. The van der Waals surface area contributed by atoms with Gasteiger partial charge in [0.15, 0.2) is 0 Å². The Morgan fingerprint density at radius 3 is 1.79 bits per heavy atom. The van der Waals surface area contributed by atoms with Crippen LogP contribution in [0.15, 0.2) is 138 Å². The fourth-order valence-corrected chi connectivity index (χ4v) is 11.1. The zero-order valence-corrected chi connectivity index (χ0v) is 39.0. The van der Waals surface area contributed by atoms with Crippen molar-refractivity contribution in [2.75, 3.05) is 9.80 Å². The number of rotatable bonds is 3. The normalized spacial score (nSPS) is 16.2. The molecule has 1 aromatic heterocycles. The number of hydrogen-bond acceptors (Lipinski definition) is 3. The molecular formula is C59H59BN2O. The van der Waals surface area contributed by atoms with Gasteiger partial charge >= 0.3 is 0 Å². The molecule has 0 fully saturated rings. The van der Waals surface area contributed by atoms with E-state index in [1.807, 2.05) is 6.07 Å². The maximum absolute atomic E-state index is 6.40. The lowest BCUT2D eigenvalue weighted by Gasteiger charge is -2.47. The Balaban J connectivity index is 1.18. The summed E-state index contributed by atoms with van der Waals surface area (Å²) in [5.41, 5.74) is 22.8. The first-order chi connectivity index (χ1) is 29.9. The Morgan fingerprint density at radius 1 is 0.492 bits per heavy atom. The van der Waals surface area contributed by atoms with Crippen LogP contribution >= 0.6 is 0 Å². The molecule has 0 bridgehead atoms. The van der Waals surface area contributed by atoms with E-state index < -0.39 is 0 Å². The van der Waals surface area contributed by atoms with Crippen LogP contribution in [0.5, 0.6) is 0 Å². The van der Waals surface area contributed by atoms with Gasteiger partial charge < -0.3 is 14.2 Å². The monoisotopic (exact) mass is 822 g/mol. The van der Waals surface area contributed by atoms with E-state index in [1.54, 1.807) is 0 Å². The largest absolute Gasteiger partial charge is 0.456 e. The maximum atomic E-state index is 6.40. The lowest BCUT2D eigenvalue weighted by molar-refractivity contribution is 0.332. The fourth-order valence-electron chi connectivity index (χ4n) is 11.1. The van der Waals surface area contributed by atoms with Crippen molar-refractivity contribution in [3.8, 4) is 11.1 Å². The number of furan rings is 1. The van der Waals surface area contributed by atoms with Gasteiger partial charge in [0.05, 0.1) is 0 Å². The van der Waals surface area contributed by atoms with Crippen molar-refractivity contribution in [3.05, 3.63) is 161 Å². The number of hydrogen-bond donors (Lipinski definition) is 0. The summed E-state index contributed by atoms with van der Waals surface area (Å²) in [5.74, 6) is 0. The van der Waals surface area contributed by atoms with Crippen molar-refractivity contribution in [2.24, 2.45) is 0 Å². The van der Waals surface area contributed by atoms with Crippen LogP contribution in [0.25, 0.3) is 33.1 Å². The topological polar surface area (TPSA) is 19.6 Å². The van der Waals surface area contributed by atoms with Crippen molar-refractivity contribution < 1.29 is 4.42 Å². The first-order valence-electron chi connectivity index (χ1n) is 23.1. The zero-order valence-electron chi connectivity index (χ0n) is 39.0. The van der Waals surface area contributed by atoms with Crippen LogP contribution in [0.2, 0.25) is 0 Å². The Labute approximate surface area is 374 Å². The summed E-state index contributed by atoms with van der Waals surface area (Å²) in [7, 11) is 0. The summed E-state index contributed by atoms with van der Waals surface area (Å²) in [6.07, 6.45) is 2.35. The Kier molecular flexibility index (Phi) is 8.54. The van der Waals surface area contributed by atoms with E-state index in [0.717, 1.165) is 38.8 Å². The molecule has 7 aromatic carbocycles. The van der Waals surface area contributed by atoms with E-state index in [0.29, 0.717) is 0 Å². The highest BCUT2D eigenvalue weighted by atomic mass is 16.3. The lowest BCUT2D eigenvalue weighted by Crippen LogP contribution is -2.62. The number of aryl methyl sites for hydroxylation is 1. The van der Waals surface area contributed by atoms with Gasteiger partial charge in [-0.3, -0.25) is 0 Å². The van der Waals surface area contributed by atoms with E-state index in [9.17, 15) is 0 Å². The van der Waals surface area contributed by atoms with Crippen LogP contribution in [0.4, 0.5) is 34.1 Å². The van der Waals surface area contributed by atoms with E-state index in [1.165, 1.54) is 85.5 Å². The van der Waals surface area contributed by atoms with Gasteiger partial charge in [-0.25, -0.2) is 0 Å². The number of anilines is 6. The summed E-state index contributed by atoms with van der Waals surface area (Å²) >= 11 is 0. The molecule has 3 aliphatic rings. The van der Waals surface area contributed by atoms with Gasteiger partial charge in [0.2, 0.25) is 0 Å². The Hall–Kier alpha value is -6.00. The van der Waals surface area contributed by atoms with Gasteiger partial charge in [0.1, 0.15) is 11.2 Å². The molecule has 3 nitrogen and oxygen atoms in total. The average molecular weight is 823 g/mol. The summed E-state index contributed by atoms with van der Waals surface area (Å²) in [6, 6.07) is 51.1. The quantitative estimate of drug-likeness (QED) is 0.166. The summed E-state index contributed by atoms with van der Waals surface area (Å²) < 4.78 is 6.40. The molecule has 11 rings (SSSR count). The zero-order chi connectivity index (χ0) is 44.0. The van der Waals surface area contributed by atoms with Crippen LogP contribution in [0, 0.1) is 6.92 Å². The third-order valence-electron chi connectivity index (χ3n) is 14.9. The van der Waals surface area contributed by atoms with Crippen LogP contribution in [-0.4, -0.2) is 6.71 Å². The van der Waals surface area contributed by atoms with E-state index >= 15 is 0 Å². The molecule has 0 saturated heterocycles. The number of nitrogens with zero attached hydrogens (tertiary/aromatic N) is 2. The fraction of sp³-hybridized carbons (Fsp3) is 0.288. The highest BCUT2D eigenvalue weighted by Crippen LogP contribution is 2.51. The molecule has 4 heteroatoms. The van der Waals surface area contributed by atoms with Gasteiger partial charge in [-0.2, -0.15) is 0 Å². The third-order valence-corrected chi connectivity index (χ3v) is 14.9. The summed E-state index contributed by atoms with van der Waals surface area (Å²) in [6.45, 7) is 26.1. The highest BCUT2D eigenvalue weighted by Gasteiger charge is 2.46. The van der Waals surface area contributed by atoms with Crippen molar-refractivity contribution in [3.63, 3.8) is 0 Å². The van der Waals surface area contributed by atoms with Crippen LogP contribution in [-0.2, 0) is 21.7 Å². The SMILES string of the molecule is Cc1cc2c3c(c1)N(c1ccc(C(C)(C)C)cc1)c1cc4c(cc1B3c1ccc(C(C)(C)C)cc1N2c1cccc(-c2ccc3c(c2)oc2ccccc23)c1)C(C)(C)CCC4(C)C. The second-order valence-corrected chi connectivity index (χ2v) is 22.2. The number of para-hydroxylation sites is 1. The van der Waals surface area contributed by atoms with Crippen LogP contribution in [0.3, 0.4) is 0 Å². The van der Waals surface area contributed by atoms with Gasteiger partial charge in [-0.05, 0) is 163 Å². The van der Waals surface area contributed by atoms with Gasteiger partial charge in [0, 0.05) is 44.9 Å². The number of fused-ring (bicyclic) bond motifs is 8. The molecule has 0 radical (unpaired) electrons. The Morgan fingerprint density at radius 2 is 1.10 bits per heavy atom. The minimum absolute atomic E-state index is 0.0300. The molecule has 314 valence electrons. The van der Waals surface area contributed by atoms with E-state index in [4.69, 9.17) is 4.42 Å². The smallest absolute Gasteiger partial charge is 0.252 e. The van der Waals surface area contributed by atoms with Gasteiger partial charge in [-0.1, -0.05) is 136 Å². The Bertz CT molecular complexity index is 3170. The average Bonchev–Trinajstić information content (AvgIpc) is 3.62. The van der Waals surface area contributed by atoms with Crippen LogP contribution < -0.4 is 26.2 Å². The minimum atomic E-state index is -0.0300. The molecule has 1 aliphatic carbocycles. The van der Waals surface area contributed by atoms with E-state index in [2.05, 4.69) is 213 Å². The molecular weight excluding hydrogens is 763 g/mol. The number of benzene rings is 7. The first-order valence-corrected chi connectivity index (χ1v) is 23.1. The summed E-state index contributed by atoms with van der Waals surface area (Å²) in [4.78, 5) is 5.18. The molecule has 0 atom stereocenters. The van der Waals surface area contributed by atoms with Crippen LogP contribution in [0.1, 0.15) is 110 Å². The standard InChI is InChI=1S/C59H59BN2O/c1-36-29-51-55-52(30-36)62(42-16-14-15-37(31-42)38-19-25-44-43-17-12-13-18-53(43)63-54(44)32-38)49-33-40(57(5,6)7)22-26-47(49)60(55)48-34-45-46(59(10,11)28-27-58(45,8)9)35-50(48)61(51)41-23-20-39(21-24-41)56(2,3)4/h12-26,29-35H,27-28H2,1-11H3. The molecule has 0 spiro atoms. The van der Waals surface area contributed by atoms with Crippen molar-refractivity contribution in [2.45, 2.75) is 111 Å². The van der Waals surface area contributed by atoms with Gasteiger partial charge in [-0.15, -0.1) is 0 Å². The van der Waals surface area contributed by atoms with E-state index in [-0.39, 0.29) is 28.4 Å². The lowest BCUT2D eigenvalue weighted by atomic mass is 9.33. The minimum Gasteiger partial charge on any atom is -0.456 e. The predicted octanol–water partition coefficient (Wildman–Crippen LogP) is 14.6. The maximum Gasteiger partial charge on any atom is 0.252 e. The highest BCUT2D eigenvalue weighted by molar-refractivity contribution is 7.00. The molecule has 8 aromatic rings.